The van der Waals surface area contributed by atoms with E-state index in [-0.39, 0.29) is 11.1 Å². The highest BCUT2D eigenvalue weighted by Crippen LogP contribution is 2.47. The number of hydrogen-bond donors (Lipinski definition) is 0. The summed E-state index contributed by atoms with van der Waals surface area (Å²) in [6, 6.07) is 77.3. The molecule has 68 heavy (non-hydrogen) atoms. The van der Waals surface area contributed by atoms with Crippen LogP contribution in [0.3, 0.4) is 0 Å². The van der Waals surface area contributed by atoms with Crippen LogP contribution in [0.2, 0.25) is 0 Å². The van der Waals surface area contributed by atoms with Crippen LogP contribution < -0.4 is 0 Å². The van der Waals surface area contributed by atoms with Crippen molar-refractivity contribution in [2.24, 2.45) is 0 Å². The summed E-state index contributed by atoms with van der Waals surface area (Å²) in [5.74, 6) is 0. The van der Waals surface area contributed by atoms with Crippen molar-refractivity contribution in [3.63, 3.8) is 0 Å². The Hall–Kier alpha value is -8.92. The molecule has 0 atom stereocenters. The Balaban J connectivity index is 1.28. The van der Waals surface area contributed by atoms with Gasteiger partial charge >= 0.3 is 6.18 Å². The van der Waals surface area contributed by atoms with Crippen LogP contribution in [0, 0.1) is 11.3 Å². The van der Waals surface area contributed by atoms with Gasteiger partial charge in [-0.3, -0.25) is 0 Å². The molecule has 0 fully saturated rings. The second-order valence-electron chi connectivity index (χ2n) is 17.1. The Morgan fingerprint density at radius 3 is 1.00 bits per heavy atom. The second-order valence-corrected chi connectivity index (χ2v) is 17.1. The number of alkyl halides is 3. The van der Waals surface area contributed by atoms with Gasteiger partial charge in [-0.1, -0.05) is 182 Å². The van der Waals surface area contributed by atoms with Gasteiger partial charge in [0.25, 0.3) is 0 Å². The average Bonchev–Trinajstić information content (AvgIpc) is 3.90. The quantitative estimate of drug-likeness (QED) is 0.157. The van der Waals surface area contributed by atoms with Crippen molar-refractivity contribution in [3.8, 4) is 73.1 Å². The molecule has 0 saturated heterocycles. The van der Waals surface area contributed by atoms with E-state index in [1.165, 1.54) is 6.07 Å². The molecule has 0 aliphatic rings. The third kappa shape index (κ3) is 6.92. The molecule has 0 aliphatic heterocycles. The molecule has 0 unspecified atom stereocenters. The summed E-state index contributed by atoms with van der Waals surface area (Å²) >= 11 is 0. The van der Waals surface area contributed by atoms with Crippen molar-refractivity contribution >= 4 is 43.6 Å². The van der Waals surface area contributed by atoms with Gasteiger partial charge in [-0.05, 0) is 104 Å². The molecule has 3 nitrogen and oxygen atoms in total. The van der Waals surface area contributed by atoms with Crippen molar-refractivity contribution in [2.45, 2.75) is 6.18 Å². The first-order chi connectivity index (χ1) is 33.3. The summed E-state index contributed by atoms with van der Waals surface area (Å²) in [5, 5.41) is 13.7. The highest BCUT2D eigenvalue weighted by Gasteiger charge is 2.36. The van der Waals surface area contributed by atoms with Crippen LogP contribution >= 0.6 is 0 Å². The second kappa shape index (κ2) is 16.2. The van der Waals surface area contributed by atoms with Gasteiger partial charge in [0, 0.05) is 21.5 Å². The van der Waals surface area contributed by atoms with Crippen LogP contribution in [0.4, 0.5) is 13.2 Å². The summed E-state index contributed by atoms with van der Waals surface area (Å²) in [7, 11) is 0. The number of rotatable bonds is 7. The van der Waals surface area contributed by atoms with E-state index >= 15 is 13.2 Å². The molecule has 12 aromatic rings. The molecule has 0 spiro atoms. The summed E-state index contributed by atoms with van der Waals surface area (Å²) in [4.78, 5) is 0. The molecule has 0 amide bonds. The van der Waals surface area contributed by atoms with Gasteiger partial charge < -0.3 is 9.13 Å². The number of nitrogens with zero attached hydrogens (tertiary/aromatic N) is 3. The smallest absolute Gasteiger partial charge is 0.307 e. The molecule has 322 valence electrons. The minimum atomic E-state index is -4.78. The molecule has 2 heterocycles. The lowest BCUT2D eigenvalue weighted by molar-refractivity contribution is -0.137. The third-order valence-electron chi connectivity index (χ3n) is 13.2. The van der Waals surface area contributed by atoms with Gasteiger partial charge in [-0.2, -0.15) is 18.4 Å². The minimum absolute atomic E-state index is 0.0301. The van der Waals surface area contributed by atoms with E-state index < -0.39 is 11.7 Å². The fourth-order valence-corrected chi connectivity index (χ4v) is 9.96. The zero-order valence-electron chi connectivity index (χ0n) is 36.4. The molecular formula is C62H38F3N3. The Morgan fingerprint density at radius 1 is 0.324 bits per heavy atom. The fraction of sp³-hybridized carbons (Fsp3) is 0.0161. The average molecular weight is 882 g/mol. The first-order valence-corrected chi connectivity index (χ1v) is 22.5. The van der Waals surface area contributed by atoms with Crippen LogP contribution in [-0.2, 0) is 6.18 Å². The van der Waals surface area contributed by atoms with Gasteiger partial charge in [-0.15, -0.1) is 0 Å². The van der Waals surface area contributed by atoms with Gasteiger partial charge in [0.15, 0.2) is 0 Å². The molecule has 6 heteroatoms. The van der Waals surface area contributed by atoms with Crippen LogP contribution in [0.1, 0.15) is 11.1 Å². The van der Waals surface area contributed by atoms with Crippen LogP contribution in [0.15, 0.2) is 231 Å². The number of aromatic nitrogens is 2. The summed E-state index contributed by atoms with van der Waals surface area (Å²) < 4.78 is 52.5. The van der Waals surface area contributed by atoms with Gasteiger partial charge in [0.2, 0.25) is 0 Å². The van der Waals surface area contributed by atoms with Crippen LogP contribution in [0.25, 0.3) is 111 Å². The Bertz CT molecular complexity index is 3740. The fourth-order valence-electron chi connectivity index (χ4n) is 9.96. The number of hydrogen-bond acceptors (Lipinski definition) is 1. The molecule has 0 N–H and O–H groups in total. The first kappa shape index (κ1) is 40.6. The van der Waals surface area contributed by atoms with E-state index in [4.69, 9.17) is 0 Å². The molecule has 0 aliphatic carbocycles. The van der Waals surface area contributed by atoms with E-state index in [1.807, 2.05) is 102 Å². The van der Waals surface area contributed by atoms with E-state index in [2.05, 4.69) is 108 Å². The number of fused-ring (bicyclic) bond motifs is 6. The SMILES string of the molecule is N#Cc1cccc(-c2cc(-n3c4cc(-c5ccccc5)ccc4c4ccc(-c5ccccc5)cc43)c(-n3c4cc(-c5ccccc5)ccc4c4ccc(-c5ccccc5)cc43)cc2C(F)(F)F)c1. The molecular weight excluding hydrogens is 844 g/mol. The first-order valence-electron chi connectivity index (χ1n) is 22.5. The predicted molar refractivity (Wildman–Crippen MR) is 272 cm³/mol. The van der Waals surface area contributed by atoms with Crippen LogP contribution in [-0.4, -0.2) is 9.13 Å². The maximum Gasteiger partial charge on any atom is 0.417 e. The summed E-state index contributed by atoms with van der Waals surface area (Å²) in [6.07, 6.45) is -4.78. The number of nitriles is 1. The summed E-state index contributed by atoms with van der Waals surface area (Å²) in [5.41, 5.74) is 11.6. The van der Waals surface area contributed by atoms with Gasteiger partial charge in [0.1, 0.15) is 0 Å². The topological polar surface area (TPSA) is 33.6 Å². The number of halogens is 3. The normalized spacial score (nSPS) is 11.7. The Labute approximate surface area is 390 Å². The standard InChI is InChI=1S/C62H38F3N3/c63-62(64,65)55-38-61(68-58-35-47(43-19-9-3-10-20-43)26-30-52(58)53-31-27-48(36-59(53)68)44-21-11-4-12-22-44)60(37-54(55)49-23-13-14-40(32-49)39-66)67-56-33-45(41-15-5-1-6-16-41)24-28-50(56)51-29-25-46(34-57(51)67)42-17-7-2-8-18-42/h1-38H. The van der Waals surface area contributed by atoms with Crippen molar-refractivity contribution in [1.29, 1.82) is 5.26 Å². The maximum absolute atomic E-state index is 16.1. The van der Waals surface area contributed by atoms with Crippen LogP contribution in [0.5, 0.6) is 0 Å². The van der Waals surface area contributed by atoms with E-state index in [0.29, 0.717) is 16.9 Å². The minimum Gasteiger partial charge on any atom is -0.307 e. The lowest BCUT2D eigenvalue weighted by atomic mass is 9.95. The van der Waals surface area contributed by atoms with Crippen molar-refractivity contribution in [3.05, 3.63) is 242 Å². The molecule has 10 aromatic carbocycles. The predicted octanol–water partition coefficient (Wildman–Crippen LogP) is 17.1. The van der Waals surface area contributed by atoms with Gasteiger partial charge in [0.05, 0.1) is 50.6 Å². The zero-order chi connectivity index (χ0) is 45.9. The maximum atomic E-state index is 16.1. The third-order valence-corrected chi connectivity index (χ3v) is 13.2. The monoisotopic (exact) mass is 881 g/mol. The largest absolute Gasteiger partial charge is 0.417 e. The van der Waals surface area contributed by atoms with Crippen molar-refractivity contribution in [1.82, 2.24) is 9.13 Å². The molecule has 0 bridgehead atoms. The molecule has 0 saturated carbocycles. The molecule has 2 aromatic heterocycles. The Kier molecular flexibility index (Phi) is 9.67. The Morgan fingerprint density at radius 2 is 0.662 bits per heavy atom. The van der Waals surface area contributed by atoms with E-state index in [0.717, 1.165) is 88.1 Å². The highest BCUT2D eigenvalue weighted by molar-refractivity contribution is 6.14. The summed E-state index contributed by atoms with van der Waals surface area (Å²) in [6.45, 7) is 0. The molecule has 12 rings (SSSR count). The lowest BCUT2D eigenvalue weighted by Gasteiger charge is -2.22. The zero-order valence-corrected chi connectivity index (χ0v) is 36.4. The van der Waals surface area contributed by atoms with Crippen molar-refractivity contribution in [2.75, 3.05) is 0 Å². The van der Waals surface area contributed by atoms with Crippen molar-refractivity contribution < 1.29 is 13.2 Å². The van der Waals surface area contributed by atoms with Gasteiger partial charge in [-0.25, -0.2) is 0 Å². The highest BCUT2D eigenvalue weighted by atomic mass is 19.4. The van der Waals surface area contributed by atoms with E-state index in [1.54, 1.807) is 30.3 Å². The lowest BCUT2D eigenvalue weighted by Crippen LogP contribution is -2.12. The number of benzene rings is 10. The van der Waals surface area contributed by atoms with E-state index in [9.17, 15) is 5.26 Å². The molecule has 0 radical (unpaired) electrons.